The third-order valence-electron chi connectivity index (χ3n) is 3.44. The number of nitrogens with zero attached hydrogens (tertiary/aromatic N) is 1. The molecule has 1 aromatic carbocycles. The van der Waals surface area contributed by atoms with E-state index < -0.39 is 28.9 Å². The molecule has 1 saturated heterocycles. The summed E-state index contributed by atoms with van der Waals surface area (Å²) in [4.78, 5) is 13.5. The lowest BCUT2D eigenvalue weighted by atomic mass is 10.0. The number of hydrogen-bond acceptors (Lipinski definition) is 2. The van der Waals surface area contributed by atoms with Crippen molar-refractivity contribution in [1.82, 2.24) is 10.2 Å². The van der Waals surface area contributed by atoms with Crippen LogP contribution < -0.4 is 5.32 Å². The molecule has 0 spiro atoms. The van der Waals surface area contributed by atoms with E-state index in [4.69, 9.17) is 0 Å². The molecule has 3 nitrogen and oxygen atoms in total. The van der Waals surface area contributed by atoms with Crippen molar-refractivity contribution >= 4 is 18.3 Å². The van der Waals surface area contributed by atoms with E-state index in [9.17, 15) is 18.0 Å². The van der Waals surface area contributed by atoms with Crippen molar-refractivity contribution in [3.05, 3.63) is 35.1 Å². The van der Waals surface area contributed by atoms with Crippen molar-refractivity contribution < 1.29 is 18.0 Å². The first-order chi connectivity index (χ1) is 9.02. The van der Waals surface area contributed by atoms with Crippen molar-refractivity contribution in [2.75, 3.05) is 20.1 Å². The van der Waals surface area contributed by atoms with Crippen molar-refractivity contribution in [1.29, 1.82) is 0 Å². The first-order valence-electron chi connectivity index (χ1n) is 6.13. The number of carbonyl (C=O) groups is 1. The van der Waals surface area contributed by atoms with Gasteiger partial charge in [-0.1, -0.05) is 0 Å². The first-order valence-corrected chi connectivity index (χ1v) is 6.13. The Balaban J connectivity index is 0.00000200. The van der Waals surface area contributed by atoms with Crippen LogP contribution in [0.15, 0.2) is 12.1 Å². The van der Waals surface area contributed by atoms with Gasteiger partial charge in [-0.25, -0.2) is 13.2 Å². The second-order valence-corrected chi connectivity index (χ2v) is 4.62. The number of amides is 1. The monoisotopic (exact) mass is 308 g/mol. The maximum atomic E-state index is 13.6. The molecule has 1 aliphatic rings. The van der Waals surface area contributed by atoms with Crippen LogP contribution in [0.5, 0.6) is 0 Å². The van der Waals surface area contributed by atoms with Gasteiger partial charge in [0.05, 0.1) is 5.56 Å². The van der Waals surface area contributed by atoms with Crippen LogP contribution in [0.1, 0.15) is 23.2 Å². The molecule has 1 fully saturated rings. The largest absolute Gasteiger partial charge is 0.339 e. The van der Waals surface area contributed by atoms with Gasteiger partial charge in [0.1, 0.15) is 0 Å². The van der Waals surface area contributed by atoms with Crippen molar-refractivity contribution in [2.45, 2.75) is 18.9 Å². The minimum Gasteiger partial charge on any atom is -0.339 e. The maximum absolute atomic E-state index is 13.6. The molecule has 1 N–H and O–H groups in total. The minimum atomic E-state index is -1.61. The third kappa shape index (κ3) is 3.24. The molecule has 0 atom stereocenters. The molecule has 0 saturated carbocycles. The smallest absolute Gasteiger partial charge is 0.256 e. The number of nitrogens with one attached hydrogen (secondary N) is 1. The van der Waals surface area contributed by atoms with Gasteiger partial charge in [0, 0.05) is 13.1 Å². The molecule has 7 heteroatoms. The van der Waals surface area contributed by atoms with Gasteiger partial charge in [0.25, 0.3) is 5.91 Å². The number of hydrogen-bond donors (Lipinski definition) is 1. The zero-order chi connectivity index (χ0) is 14.0. The summed E-state index contributed by atoms with van der Waals surface area (Å²) >= 11 is 0. The van der Waals surface area contributed by atoms with Gasteiger partial charge in [0.2, 0.25) is 0 Å². The maximum Gasteiger partial charge on any atom is 0.256 e. The molecule has 0 aromatic heterocycles. The van der Waals surface area contributed by atoms with Crippen LogP contribution in [0.2, 0.25) is 0 Å². The lowest BCUT2D eigenvalue weighted by molar-refractivity contribution is 0.0697. The summed E-state index contributed by atoms with van der Waals surface area (Å²) in [6.07, 6.45) is 1.51. The van der Waals surface area contributed by atoms with E-state index in [1.165, 1.54) is 4.90 Å². The Hall–Kier alpha value is -1.27. The fourth-order valence-corrected chi connectivity index (χ4v) is 2.24. The molecule has 1 aliphatic heterocycles. The zero-order valence-electron chi connectivity index (χ0n) is 11.0. The molecule has 112 valence electrons. The van der Waals surface area contributed by atoms with Gasteiger partial charge in [-0.2, -0.15) is 0 Å². The van der Waals surface area contributed by atoms with E-state index in [0.717, 1.165) is 38.1 Å². The summed E-state index contributed by atoms with van der Waals surface area (Å²) in [6.45, 7) is 1.56. The van der Waals surface area contributed by atoms with Crippen LogP contribution in [0.4, 0.5) is 13.2 Å². The van der Waals surface area contributed by atoms with Crippen LogP contribution >= 0.6 is 12.4 Å². The Kier molecular flexibility index (Phi) is 5.83. The Labute approximate surface area is 121 Å². The molecule has 20 heavy (non-hydrogen) atoms. The quantitative estimate of drug-likeness (QED) is 0.851. The van der Waals surface area contributed by atoms with Crippen LogP contribution in [0.25, 0.3) is 0 Å². The average molecular weight is 309 g/mol. The van der Waals surface area contributed by atoms with Gasteiger partial charge in [-0.3, -0.25) is 4.79 Å². The second-order valence-electron chi connectivity index (χ2n) is 4.62. The molecular formula is C13H16ClF3N2O. The summed E-state index contributed by atoms with van der Waals surface area (Å²) in [5, 5.41) is 3.15. The summed E-state index contributed by atoms with van der Waals surface area (Å²) in [5.41, 5.74) is -0.431. The lowest BCUT2D eigenvalue weighted by Gasteiger charge is -2.31. The molecule has 0 aliphatic carbocycles. The highest BCUT2D eigenvalue weighted by atomic mass is 35.5. The van der Waals surface area contributed by atoms with Crippen LogP contribution in [0, 0.1) is 17.5 Å². The topological polar surface area (TPSA) is 32.3 Å². The highest BCUT2D eigenvalue weighted by Crippen LogP contribution is 2.19. The van der Waals surface area contributed by atoms with E-state index in [0.29, 0.717) is 0 Å². The molecular weight excluding hydrogens is 293 g/mol. The summed E-state index contributed by atoms with van der Waals surface area (Å²) in [5.74, 6) is -4.95. The SMILES string of the molecule is CN(C(=O)c1ccc(F)c(F)c1F)C1CCNCC1.Cl. The molecule has 0 bridgehead atoms. The molecule has 0 radical (unpaired) electrons. The summed E-state index contributed by atoms with van der Waals surface area (Å²) < 4.78 is 39.5. The van der Waals surface area contributed by atoms with Gasteiger partial charge >= 0.3 is 0 Å². The van der Waals surface area contributed by atoms with Crippen molar-refractivity contribution in [2.24, 2.45) is 0 Å². The Morgan fingerprint density at radius 2 is 1.80 bits per heavy atom. The highest BCUT2D eigenvalue weighted by Gasteiger charge is 2.26. The number of benzene rings is 1. The molecule has 2 rings (SSSR count). The third-order valence-corrected chi connectivity index (χ3v) is 3.44. The second kappa shape index (κ2) is 6.95. The Morgan fingerprint density at radius 3 is 2.40 bits per heavy atom. The number of carbonyl (C=O) groups excluding carboxylic acids is 1. The van der Waals surface area contributed by atoms with Gasteiger partial charge in [-0.15, -0.1) is 12.4 Å². The van der Waals surface area contributed by atoms with Crippen molar-refractivity contribution in [3.8, 4) is 0 Å². The number of halogens is 4. The highest BCUT2D eigenvalue weighted by molar-refractivity contribution is 5.94. The van der Waals surface area contributed by atoms with E-state index in [1.807, 2.05) is 0 Å². The van der Waals surface area contributed by atoms with Gasteiger partial charge in [0.15, 0.2) is 17.5 Å². The number of piperidine rings is 1. The average Bonchev–Trinajstić information content (AvgIpc) is 2.44. The molecule has 0 unspecified atom stereocenters. The number of rotatable bonds is 2. The predicted octanol–water partition coefficient (Wildman–Crippen LogP) is 2.35. The zero-order valence-corrected chi connectivity index (χ0v) is 11.8. The Morgan fingerprint density at radius 1 is 1.20 bits per heavy atom. The van der Waals surface area contributed by atoms with Crippen LogP contribution in [-0.2, 0) is 0 Å². The van der Waals surface area contributed by atoms with Crippen LogP contribution in [0.3, 0.4) is 0 Å². The predicted molar refractivity (Wildman–Crippen MR) is 71.5 cm³/mol. The van der Waals surface area contributed by atoms with E-state index in [-0.39, 0.29) is 18.4 Å². The van der Waals surface area contributed by atoms with E-state index in [2.05, 4.69) is 5.32 Å². The lowest BCUT2D eigenvalue weighted by Crippen LogP contribution is -2.44. The van der Waals surface area contributed by atoms with E-state index >= 15 is 0 Å². The fourth-order valence-electron chi connectivity index (χ4n) is 2.24. The fraction of sp³-hybridized carbons (Fsp3) is 0.462. The Bertz CT molecular complexity index is 493. The normalized spacial score (nSPS) is 15.6. The summed E-state index contributed by atoms with van der Waals surface area (Å²) in [7, 11) is 1.55. The molecule has 1 amide bonds. The van der Waals surface area contributed by atoms with Gasteiger partial charge < -0.3 is 10.2 Å². The molecule has 1 aromatic rings. The van der Waals surface area contributed by atoms with Crippen molar-refractivity contribution in [3.63, 3.8) is 0 Å². The van der Waals surface area contributed by atoms with Gasteiger partial charge in [-0.05, 0) is 38.1 Å². The van der Waals surface area contributed by atoms with Crippen LogP contribution in [-0.4, -0.2) is 37.0 Å². The standard InChI is InChI=1S/C13H15F3N2O.ClH/c1-18(8-4-6-17-7-5-8)13(19)9-2-3-10(14)12(16)11(9)15;/h2-3,8,17H,4-7H2,1H3;1H. The first kappa shape index (κ1) is 16.8. The molecule has 1 heterocycles. The van der Waals surface area contributed by atoms with E-state index in [1.54, 1.807) is 7.05 Å². The summed E-state index contributed by atoms with van der Waals surface area (Å²) in [6, 6.07) is 1.73. The minimum absolute atomic E-state index is 0.